The molecule has 0 unspecified atom stereocenters. The van der Waals surface area contributed by atoms with Crippen LogP contribution in [0.25, 0.3) is 10.9 Å². The number of nitrogens with one attached hydrogen (secondary N) is 1. The number of aromatic nitrogens is 1. The maximum atomic E-state index is 14.2. The molecule has 4 aromatic rings. The Balaban J connectivity index is 1.45. The molecule has 0 radical (unpaired) electrons. The van der Waals surface area contributed by atoms with E-state index in [1.165, 1.54) is 58.9 Å². The van der Waals surface area contributed by atoms with Crippen molar-refractivity contribution >= 4 is 32.8 Å². The highest BCUT2D eigenvalue weighted by atomic mass is 32.2. The SMILES string of the molecule is COc1ccc2c(C(=O)c3cc(OC)c(OC)c(OC)c3)cn(S(=O)(=O)c3ccc(CCC4(NC(=O)OC(C)(C)C)COC(C)(C)OC4)cc3)c2c1. The Bertz CT molecular complexity index is 2030. The smallest absolute Gasteiger partial charge is 0.408 e. The largest absolute Gasteiger partial charge is 0.497 e. The van der Waals surface area contributed by atoms with E-state index in [9.17, 15) is 18.0 Å². The van der Waals surface area contributed by atoms with Gasteiger partial charge in [-0.15, -0.1) is 0 Å². The monoisotopic (exact) mass is 738 g/mol. The van der Waals surface area contributed by atoms with E-state index < -0.39 is 38.8 Å². The Hall–Kier alpha value is -4.79. The maximum Gasteiger partial charge on any atom is 0.408 e. The molecule has 52 heavy (non-hydrogen) atoms. The summed E-state index contributed by atoms with van der Waals surface area (Å²) in [7, 11) is 1.62. The molecule has 3 aromatic carbocycles. The molecule has 1 N–H and O–H groups in total. The number of hydrogen-bond acceptors (Lipinski definition) is 11. The summed E-state index contributed by atoms with van der Waals surface area (Å²) in [5, 5.41) is 3.36. The van der Waals surface area contributed by atoms with E-state index in [-0.39, 0.29) is 46.3 Å². The number of rotatable bonds is 12. The van der Waals surface area contributed by atoms with Crippen LogP contribution in [0.1, 0.15) is 62.5 Å². The summed E-state index contributed by atoms with van der Waals surface area (Å²) in [6, 6.07) is 14.4. The lowest BCUT2D eigenvalue weighted by Gasteiger charge is -2.44. The van der Waals surface area contributed by atoms with E-state index in [0.29, 0.717) is 29.7 Å². The molecule has 1 saturated heterocycles. The molecule has 0 saturated carbocycles. The Morgan fingerprint density at radius 1 is 0.865 bits per heavy atom. The number of nitrogens with zero attached hydrogens (tertiary/aromatic N) is 1. The average molecular weight is 739 g/mol. The molecular weight excluding hydrogens is 692 g/mol. The number of aryl methyl sites for hydroxylation is 1. The second-order valence-corrected chi connectivity index (χ2v) is 15.8. The van der Waals surface area contributed by atoms with Crippen LogP contribution < -0.4 is 24.3 Å². The Kier molecular flexibility index (Phi) is 10.9. The van der Waals surface area contributed by atoms with Crippen LogP contribution in [0.3, 0.4) is 0 Å². The standard InChI is InChI=1S/C38H46N2O11S/c1-36(2,3)51-35(42)39-38(22-49-37(4,5)50-23-38)17-16-24-10-13-27(14-11-24)52(43,44)40-21-29(28-15-12-26(45-6)20-30(28)40)33(41)25-18-31(46-7)34(48-9)32(19-25)47-8/h10-15,18-21H,16-17,22-23H2,1-9H3,(H,39,42). The predicted octanol–water partition coefficient (Wildman–Crippen LogP) is 6.12. The van der Waals surface area contributed by atoms with Crippen molar-refractivity contribution in [3.05, 3.63) is 77.5 Å². The summed E-state index contributed by atoms with van der Waals surface area (Å²) in [6.45, 7) is 9.37. The topological polar surface area (TPSA) is 150 Å². The first-order valence-corrected chi connectivity index (χ1v) is 18.1. The van der Waals surface area contributed by atoms with Gasteiger partial charge in [-0.1, -0.05) is 12.1 Å². The van der Waals surface area contributed by atoms with Crippen molar-refractivity contribution in [3.63, 3.8) is 0 Å². The average Bonchev–Trinajstić information content (AvgIpc) is 3.50. The molecule has 2 heterocycles. The Morgan fingerprint density at radius 3 is 2.02 bits per heavy atom. The van der Waals surface area contributed by atoms with Crippen LogP contribution in [0.15, 0.2) is 65.7 Å². The van der Waals surface area contributed by atoms with Gasteiger partial charge in [0.05, 0.1) is 57.6 Å². The van der Waals surface area contributed by atoms with Crippen molar-refractivity contribution in [1.82, 2.24) is 9.29 Å². The van der Waals surface area contributed by atoms with Gasteiger partial charge in [-0.2, -0.15) is 0 Å². The number of carbonyl (C=O) groups excluding carboxylic acids is 2. The van der Waals surface area contributed by atoms with Crippen LogP contribution in [-0.2, 0) is 30.7 Å². The quantitative estimate of drug-likeness (QED) is 0.168. The minimum Gasteiger partial charge on any atom is -0.497 e. The summed E-state index contributed by atoms with van der Waals surface area (Å²) in [5.41, 5.74) is -0.117. The van der Waals surface area contributed by atoms with E-state index in [0.717, 1.165) is 9.54 Å². The second kappa shape index (κ2) is 14.7. The first-order chi connectivity index (χ1) is 24.4. The van der Waals surface area contributed by atoms with Crippen molar-refractivity contribution in [2.24, 2.45) is 0 Å². The van der Waals surface area contributed by atoms with Gasteiger partial charge in [0.2, 0.25) is 5.75 Å². The minimum absolute atomic E-state index is 0.00966. The van der Waals surface area contributed by atoms with Crippen LogP contribution in [0.5, 0.6) is 23.0 Å². The number of alkyl carbamates (subject to hydrolysis) is 1. The van der Waals surface area contributed by atoms with Crippen LogP contribution in [-0.4, -0.2) is 82.8 Å². The van der Waals surface area contributed by atoms with Gasteiger partial charge in [0.15, 0.2) is 23.1 Å². The molecule has 280 valence electrons. The first kappa shape index (κ1) is 38.4. The molecule has 1 aliphatic rings. The van der Waals surface area contributed by atoms with Gasteiger partial charge in [0.1, 0.15) is 11.4 Å². The first-order valence-electron chi connectivity index (χ1n) is 16.6. The highest BCUT2D eigenvalue weighted by molar-refractivity contribution is 7.90. The number of carbonyl (C=O) groups is 2. The molecule has 14 heteroatoms. The Labute approximate surface area is 304 Å². The van der Waals surface area contributed by atoms with Crippen molar-refractivity contribution in [3.8, 4) is 23.0 Å². The van der Waals surface area contributed by atoms with Gasteiger partial charge in [-0.05, 0) is 89.4 Å². The third-order valence-corrected chi connectivity index (χ3v) is 10.4. The third-order valence-electron chi connectivity index (χ3n) is 8.68. The normalized spacial score (nSPS) is 15.5. The van der Waals surface area contributed by atoms with E-state index in [1.807, 2.05) is 0 Å². The fourth-order valence-corrected chi connectivity index (χ4v) is 7.25. The van der Waals surface area contributed by atoms with Crippen LogP contribution >= 0.6 is 0 Å². The van der Waals surface area contributed by atoms with Crippen LogP contribution in [0.2, 0.25) is 0 Å². The molecule has 0 bridgehead atoms. The van der Waals surface area contributed by atoms with Gasteiger partial charge in [-0.3, -0.25) is 4.79 Å². The van der Waals surface area contributed by atoms with Crippen molar-refractivity contribution in [2.75, 3.05) is 41.7 Å². The fourth-order valence-electron chi connectivity index (χ4n) is 5.88. The number of amides is 1. The molecule has 0 spiro atoms. The summed E-state index contributed by atoms with van der Waals surface area (Å²) in [4.78, 5) is 26.8. The number of ether oxygens (including phenoxy) is 7. The van der Waals surface area contributed by atoms with Crippen molar-refractivity contribution in [2.45, 2.75) is 69.3 Å². The molecule has 0 aliphatic carbocycles. The molecule has 0 atom stereocenters. The highest BCUT2D eigenvalue weighted by Gasteiger charge is 2.42. The lowest BCUT2D eigenvalue weighted by Crippen LogP contribution is -2.61. The number of methoxy groups -OCH3 is 4. The number of fused-ring (bicyclic) bond motifs is 1. The van der Waals surface area contributed by atoms with E-state index in [4.69, 9.17) is 33.2 Å². The maximum absolute atomic E-state index is 14.2. The summed E-state index contributed by atoms with van der Waals surface area (Å²) in [5.74, 6) is 0.0348. The Morgan fingerprint density at radius 2 is 1.48 bits per heavy atom. The second-order valence-electron chi connectivity index (χ2n) is 14.0. The molecule has 1 aromatic heterocycles. The zero-order valence-electron chi connectivity index (χ0n) is 30.9. The third kappa shape index (κ3) is 8.14. The summed E-state index contributed by atoms with van der Waals surface area (Å²) < 4.78 is 68.6. The van der Waals surface area contributed by atoms with Crippen molar-refractivity contribution < 1.29 is 51.2 Å². The highest BCUT2D eigenvalue weighted by Crippen LogP contribution is 2.40. The van der Waals surface area contributed by atoms with Crippen LogP contribution in [0.4, 0.5) is 4.79 Å². The fraction of sp³-hybridized carbons (Fsp3) is 0.421. The van der Waals surface area contributed by atoms with Crippen molar-refractivity contribution in [1.29, 1.82) is 0 Å². The zero-order chi connectivity index (χ0) is 38.1. The van der Waals surface area contributed by atoms with Gasteiger partial charge < -0.3 is 38.5 Å². The van der Waals surface area contributed by atoms with Gasteiger partial charge in [0.25, 0.3) is 10.0 Å². The van der Waals surface area contributed by atoms with Gasteiger partial charge in [0, 0.05) is 28.8 Å². The summed E-state index contributed by atoms with van der Waals surface area (Å²) >= 11 is 0. The lowest BCUT2D eigenvalue weighted by molar-refractivity contribution is -0.271. The van der Waals surface area contributed by atoms with Crippen LogP contribution in [0, 0.1) is 0 Å². The molecular formula is C38H46N2O11S. The number of hydrogen-bond donors (Lipinski definition) is 1. The van der Waals surface area contributed by atoms with E-state index >= 15 is 0 Å². The van der Waals surface area contributed by atoms with Gasteiger partial charge in [-0.25, -0.2) is 17.2 Å². The molecule has 5 rings (SSSR count). The van der Waals surface area contributed by atoms with Gasteiger partial charge >= 0.3 is 6.09 Å². The predicted molar refractivity (Wildman–Crippen MR) is 193 cm³/mol. The van der Waals surface area contributed by atoms with E-state index in [2.05, 4.69) is 5.32 Å². The molecule has 1 amide bonds. The number of ketones is 1. The summed E-state index contributed by atoms with van der Waals surface area (Å²) in [6.07, 6.45) is 1.64. The number of benzene rings is 3. The molecule has 13 nitrogen and oxygen atoms in total. The molecule has 1 aliphatic heterocycles. The van der Waals surface area contributed by atoms with E-state index in [1.54, 1.807) is 65.0 Å². The molecule has 1 fully saturated rings. The lowest BCUT2D eigenvalue weighted by atomic mass is 9.91. The zero-order valence-corrected chi connectivity index (χ0v) is 31.8. The minimum atomic E-state index is -4.21.